The van der Waals surface area contributed by atoms with E-state index >= 15 is 0 Å². The van der Waals surface area contributed by atoms with Gasteiger partial charge in [0, 0.05) is 23.0 Å². The van der Waals surface area contributed by atoms with Gasteiger partial charge < -0.3 is 4.98 Å². The molecule has 5 heteroatoms. The number of halogens is 1. The van der Waals surface area contributed by atoms with Crippen LogP contribution in [-0.4, -0.2) is 23.0 Å². The summed E-state index contributed by atoms with van der Waals surface area (Å²) in [5.74, 6) is 0.744. The Bertz CT molecular complexity index is 662. The molecule has 1 aromatic carbocycles. The van der Waals surface area contributed by atoms with Crippen LogP contribution in [0.2, 0.25) is 5.02 Å². The second kappa shape index (κ2) is 6.34. The fourth-order valence-corrected chi connectivity index (χ4v) is 3.98. The lowest BCUT2D eigenvalue weighted by Gasteiger charge is -2.30. The molecule has 2 heterocycles. The third-order valence-electron chi connectivity index (χ3n) is 3.96. The molecule has 1 N–H and O–H groups in total. The van der Waals surface area contributed by atoms with Crippen molar-refractivity contribution in [1.82, 2.24) is 9.88 Å². The Hall–Kier alpha value is -1.10. The molecule has 0 amide bonds. The Kier molecular flexibility index (Phi) is 4.48. The van der Waals surface area contributed by atoms with Gasteiger partial charge in [-0.05, 0) is 43.0 Å². The molecular formula is C16H19ClN2OS. The number of likely N-dealkylation sites (tertiary alicyclic amines) is 1. The minimum atomic E-state index is 0.0139. The number of nitrogens with one attached hydrogen (secondary N) is 1. The van der Waals surface area contributed by atoms with E-state index in [1.165, 1.54) is 24.2 Å². The highest BCUT2D eigenvalue weighted by Gasteiger charge is 2.19. The van der Waals surface area contributed by atoms with Crippen LogP contribution in [-0.2, 0) is 6.54 Å². The number of hydrogen-bond acceptors (Lipinski definition) is 3. The van der Waals surface area contributed by atoms with E-state index in [0.717, 1.165) is 41.7 Å². The van der Waals surface area contributed by atoms with Crippen molar-refractivity contribution in [1.29, 1.82) is 0 Å². The summed E-state index contributed by atoms with van der Waals surface area (Å²) in [4.78, 5) is 18.3. The van der Waals surface area contributed by atoms with Crippen LogP contribution in [0, 0.1) is 5.92 Å². The first-order chi connectivity index (χ1) is 10.1. The van der Waals surface area contributed by atoms with Gasteiger partial charge in [0.15, 0.2) is 0 Å². The van der Waals surface area contributed by atoms with E-state index in [1.54, 1.807) is 0 Å². The fourth-order valence-electron chi connectivity index (χ4n) is 2.95. The van der Waals surface area contributed by atoms with Crippen LogP contribution in [0.5, 0.6) is 0 Å². The molecular weight excluding hydrogens is 304 g/mol. The van der Waals surface area contributed by atoms with E-state index in [0.29, 0.717) is 5.02 Å². The van der Waals surface area contributed by atoms with Crippen LogP contribution in [0.3, 0.4) is 0 Å². The van der Waals surface area contributed by atoms with E-state index in [9.17, 15) is 4.79 Å². The molecule has 112 valence electrons. The Labute approximate surface area is 133 Å². The van der Waals surface area contributed by atoms with Gasteiger partial charge in [0.2, 0.25) is 0 Å². The molecule has 1 aromatic heterocycles. The number of hydrogen-bond donors (Lipinski definition) is 1. The highest BCUT2D eigenvalue weighted by atomic mass is 35.5. The molecule has 2 aromatic rings. The molecule has 1 saturated heterocycles. The quantitative estimate of drug-likeness (QED) is 0.927. The van der Waals surface area contributed by atoms with Gasteiger partial charge in [-0.25, -0.2) is 0 Å². The van der Waals surface area contributed by atoms with Crippen LogP contribution in [0.4, 0.5) is 0 Å². The molecule has 1 aliphatic rings. The van der Waals surface area contributed by atoms with E-state index in [2.05, 4.69) is 16.8 Å². The maximum absolute atomic E-state index is 11.8. The van der Waals surface area contributed by atoms with Crippen molar-refractivity contribution in [2.75, 3.05) is 13.1 Å². The number of thiazole rings is 1. The van der Waals surface area contributed by atoms with E-state index in [1.807, 2.05) is 24.3 Å². The average molecular weight is 323 g/mol. The van der Waals surface area contributed by atoms with Crippen LogP contribution in [0.25, 0.3) is 11.3 Å². The van der Waals surface area contributed by atoms with Gasteiger partial charge in [-0.1, -0.05) is 42.0 Å². The molecule has 0 radical (unpaired) electrons. The predicted octanol–water partition coefficient (Wildman–Crippen LogP) is 3.99. The number of H-pyrrole nitrogens is 1. The third kappa shape index (κ3) is 3.57. The normalized spacial score (nSPS) is 19.8. The lowest BCUT2D eigenvalue weighted by molar-refractivity contribution is 0.178. The second-order valence-corrected chi connectivity index (χ2v) is 7.31. The first kappa shape index (κ1) is 14.8. The van der Waals surface area contributed by atoms with E-state index < -0.39 is 0 Å². The Morgan fingerprint density at radius 3 is 2.86 bits per heavy atom. The summed E-state index contributed by atoms with van der Waals surface area (Å²) in [5, 5.41) is 0.711. The molecule has 0 saturated carbocycles. The maximum atomic E-state index is 11.8. The Balaban J connectivity index is 1.85. The first-order valence-corrected chi connectivity index (χ1v) is 8.51. The van der Waals surface area contributed by atoms with Crippen molar-refractivity contribution in [3.05, 3.63) is 43.8 Å². The molecule has 0 spiro atoms. The molecule has 3 nitrogen and oxygen atoms in total. The number of rotatable bonds is 3. The van der Waals surface area contributed by atoms with Crippen molar-refractivity contribution in [2.45, 2.75) is 26.3 Å². The Morgan fingerprint density at radius 2 is 2.14 bits per heavy atom. The van der Waals surface area contributed by atoms with Crippen LogP contribution in [0.15, 0.2) is 29.1 Å². The SMILES string of the molecule is CC1CCCN(Cc2sc(=O)[nH]c2-c2ccc(Cl)cc2)C1. The van der Waals surface area contributed by atoms with Gasteiger partial charge in [-0.2, -0.15) is 0 Å². The van der Waals surface area contributed by atoms with Gasteiger partial charge >= 0.3 is 4.87 Å². The number of benzene rings is 1. The zero-order valence-electron chi connectivity index (χ0n) is 12.1. The summed E-state index contributed by atoms with van der Waals surface area (Å²) >= 11 is 7.26. The topological polar surface area (TPSA) is 36.1 Å². The Morgan fingerprint density at radius 1 is 1.38 bits per heavy atom. The zero-order chi connectivity index (χ0) is 14.8. The van der Waals surface area contributed by atoms with E-state index in [-0.39, 0.29) is 4.87 Å². The standard InChI is InChI=1S/C16H19ClN2OS/c1-11-3-2-8-19(9-11)10-14-15(18-16(20)21-14)12-4-6-13(17)7-5-12/h4-7,11H,2-3,8-10H2,1H3,(H,18,20). The lowest BCUT2D eigenvalue weighted by atomic mass is 10.00. The second-order valence-electron chi connectivity index (χ2n) is 5.80. The molecule has 1 fully saturated rings. The minimum absolute atomic E-state index is 0.0139. The largest absolute Gasteiger partial charge is 0.312 e. The molecule has 0 aliphatic carbocycles. The average Bonchev–Trinajstić information content (AvgIpc) is 2.80. The summed E-state index contributed by atoms with van der Waals surface area (Å²) in [5.41, 5.74) is 1.97. The van der Waals surface area contributed by atoms with Gasteiger partial charge in [0.1, 0.15) is 0 Å². The van der Waals surface area contributed by atoms with Gasteiger partial charge in [-0.15, -0.1) is 0 Å². The van der Waals surface area contributed by atoms with Crippen molar-refractivity contribution in [3.8, 4) is 11.3 Å². The smallest absolute Gasteiger partial charge is 0.305 e. The highest BCUT2D eigenvalue weighted by molar-refractivity contribution is 7.09. The first-order valence-electron chi connectivity index (χ1n) is 7.32. The van der Waals surface area contributed by atoms with Gasteiger partial charge in [0.25, 0.3) is 0 Å². The molecule has 1 unspecified atom stereocenters. The number of aromatic amines is 1. The number of piperidine rings is 1. The zero-order valence-corrected chi connectivity index (χ0v) is 13.6. The highest BCUT2D eigenvalue weighted by Crippen LogP contribution is 2.27. The molecule has 0 bridgehead atoms. The molecule has 3 rings (SSSR count). The summed E-state index contributed by atoms with van der Waals surface area (Å²) in [7, 11) is 0. The van der Waals surface area contributed by atoms with Gasteiger partial charge in [0.05, 0.1) is 5.69 Å². The van der Waals surface area contributed by atoms with Crippen molar-refractivity contribution >= 4 is 22.9 Å². The van der Waals surface area contributed by atoms with Crippen LogP contribution < -0.4 is 4.87 Å². The van der Waals surface area contributed by atoms with Crippen molar-refractivity contribution in [2.24, 2.45) is 5.92 Å². The summed E-state index contributed by atoms with van der Waals surface area (Å²) in [6, 6.07) is 7.64. The molecule has 1 aliphatic heterocycles. The number of aromatic nitrogens is 1. The summed E-state index contributed by atoms with van der Waals surface area (Å²) in [6.45, 7) is 5.39. The molecule has 1 atom stereocenters. The minimum Gasteiger partial charge on any atom is -0.312 e. The van der Waals surface area contributed by atoms with Crippen molar-refractivity contribution in [3.63, 3.8) is 0 Å². The third-order valence-corrected chi connectivity index (χ3v) is 5.08. The molecule has 21 heavy (non-hydrogen) atoms. The van der Waals surface area contributed by atoms with Crippen LogP contribution in [0.1, 0.15) is 24.6 Å². The van der Waals surface area contributed by atoms with E-state index in [4.69, 9.17) is 11.6 Å². The fraction of sp³-hybridized carbons (Fsp3) is 0.438. The van der Waals surface area contributed by atoms with Crippen LogP contribution >= 0.6 is 22.9 Å². The van der Waals surface area contributed by atoms with Crippen molar-refractivity contribution < 1.29 is 0 Å². The maximum Gasteiger partial charge on any atom is 0.305 e. The number of nitrogens with zero attached hydrogens (tertiary/aromatic N) is 1. The monoisotopic (exact) mass is 322 g/mol. The summed E-state index contributed by atoms with van der Waals surface area (Å²) < 4.78 is 0. The lowest BCUT2D eigenvalue weighted by Crippen LogP contribution is -2.33. The summed E-state index contributed by atoms with van der Waals surface area (Å²) in [6.07, 6.45) is 2.56. The van der Waals surface area contributed by atoms with Gasteiger partial charge in [-0.3, -0.25) is 9.69 Å². The predicted molar refractivity (Wildman–Crippen MR) is 89.1 cm³/mol.